The Morgan fingerprint density at radius 2 is 1.65 bits per heavy atom. The van der Waals surface area contributed by atoms with E-state index in [1.54, 1.807) is 19.2 Å². The summed E-state index contributed by atoms with van der Waals surface area (Å²) in [6, 6.07) is 26.7. The fourth-order valence-corrected chi connectivity index (χ4v) is 3.07. The van der Waals surface area contributed by atoms with Crippen LogP contribution in [0.25, 0.3) is 11.3 Å². The van der Waals surface area contributed by atoms with Gasteiger partial charge in [0.1, 0.15) is 17.9 Å². The molecule has 0 saturated heterocycles. The molecule has 0 saturated carbocycles. The van der Waals surface area contributed by atoms with E-state index in [-0.39, 0.29) is 5.91 Å². The van der Waals surface area contributed by atoms with Crippen LogP contribution in [0, 0.1) is 0 Å². The molecule has 0 aliphatic rings. The van der Waals surface area contributed by atoms with Gasteiger partial charge < -0.3 is 15.4 Å². The summed E-state index contributed by atoms with van der Waals surface area (Å²) in [5.74, 6) is 1.35. The second-order valence-corrected chi connectivity index (χ2v) is 6.89. The highest BCUT2D eigenvalue weighted by Gasteiger charge is 2.07. The number of carbonyl (C=O) groups excluding carboxylic acids is 1. The van der Waals surface area contributed by atoms with Crippen LogP contribution in [0.1, 0.15) is 15.9 Å². The third-order valence-corrected chi connectivity index (χ3v) is 4.77. The van der Waals surface area contributed by atoms with Crippen LogP contribution in [0.2, 0.25) is 0 Å². The summed E-state index contributed by atoms with van der Waals surface area (Å²) in [5, 5.41) is 6.18. The van der Waals surface area contributed by atoms with Gasteiger partial charge in [-0.2, -0.15) is 0 Å². The summed E-state index contributed by atoms with van der Waals surface area (Å²) in [7, 11) is 1.63. The maximum atomic E-state index is 12.4. The highest BCUT2D eigenvalue weighted by atomic mass is 16.5. The van der Waals surface area contributed by atoms with Gasteiger partial charge in [0.15, 0.2) is 0 Å². The molecule has 4 aromatic rings. The van der Waals surface area contributed by atoms with Crippen molar-refractivity contribution < 1.29 is 9.53 Å². The van der Waals surface area contributed by atoms with E-state index in [1.165, 1.54) is 6.33 Å². The Hall–Kier alpha value is -4.19. The molecular formula is C25H22N4O2. The first kappa shape index (κ1) is 20.1. The lowest BCUT2D eigenvalue weighted by Gasteiger charge is -2.09. The van der Waals surface area contributed by atoms with Crippen LogP contribution < -0.4 is 15.4 Å². The number of hydrogen-bond donors (Lipinski definition) is 2. The number of anilines is 2. The van der Waals surface area contributed by atoms with Gasteiger partial charge in [0.25, 0.3) is 5.91 Å². The van der Waals surface area contributed by atoms with E-state index in [0.29, 0.717) is 17.9 Å². The molecule has 1 aromatic heterocycles. The van der Waals surface area contributed by atoms with Crippen molar-refractivity contribution in [3.8, 4) is 17.0 Å². The van der Waals surface area contributed by atoms with Gasteiger partial charge in [0, 0.05) is 29.4 Å². The summed E-state index contributed by atoms with van der Waals surface area (Å²) in [5.41, 5.74) is 4.30. The van der Waals surface area contributed by atoms with E-state index < -0.39 is 0 Å². The number of ether oxygens (including phenoxy) is 1. The first-order valence-electron chi connectivity index (χ1n) is 9.87. The minimum atomic E-state index is -0.129. The zero-order chi connectivity index (χ0) is 21.5. The Balaban J connectivity index is 1.37. The molecule has 4 rings (SSSR count). The molecule has 3 aromatic carbocycles. The van der Waals surface area contributed by atoms with Crippen LogP contribution in [0.4, 0.5) is 11.5 Å². The standard InChI is InChI=1S/C25H22N4O2/c1-31-22-13-7-18(8-14-22)16-26-25(30)20-9-11-21(12-10-20)29-24-15-23(27-17-28-24)19-5-3-2-4-6-19/h2-15,17H,16H2,1H3,(H,26,30)(H,27,28,29). The molecule has 0 unspecified atom stereocenters. The number of rotatable bonds is 7. The Labute approximate surface area is 181 Å². The van der Waals surface area contributed by atoms with Crippen molar-refractivity contribution in [3.05, 3.63) is 102 Å². The van der Waals surface area contributed by atoms with E-state index in [1.807, 2.05) is 72.8 Å². The van der Waals surface area contributed by atoms with Crippen LogP contribution in [0.5, 0.6) is 5.75 Å². The third-order valence-electron chi connectivity index (χ3n) is 4.77. The van der Waals surface area contributed by atoms with Crippen molar-refractivity contribution in [2.45, 2.75) is 6.54 Å². The summed E-state index contributed by atoms with van der Waals surface area (Å²) >= 11 is 0. The number of carbonyl (C=O) groups is 1. The molecule has 0 aliphatic carbocycles. The second-order valence-electron chi connectivity index (χ2n) is 6.89. The Morgan fingerprint density at radius 1 is 0.903 bits per heavy atom. The number of benzene rings is 3. The molecule has 0 aliphatic heterocycles. The van der Waals surface area contributed by atoms with Crippen molar-refractivity contribution in [3.63, 3.8) is 0 Å². The monoisotopic (exact) mass is 410 g/mol. The summed E-state index contributed by atoms with van der Waals surface area (Å²) in [6.07, 6.45) is 1.53. The first-order chi connectivity index (χ1) is 15.2. The van der Waals surface area contributed by atoms with Crippen LogP contribution in [-0.2, 0) is 6.54 Å². The smallest absolute Gasteiger partial charge is 0.251 e. The zero-order valence-electron chi connectivity index (χ0n) is 17.1. The molecule has 1 amide bonds. The van der Waals surface area contributed by atoms with Crippen molar-refractivity contribution in [2.24, 2.45) is 0 Å². The largest absolute Gasteiger partial charge is 0.497 e. The molecule has 6 nitrogen and oxygen atoms in total. The van der Waals surface area contributed by atoms with Crippen LogP contribution in [-0.4, -0.2) is 23.0 Å². The molecule has 31 heavy (non-hydrogen) atoms. The molecule has 0 bridgehead atoms. The van der Waals surface area contributed by atoms with Gasteiger partial charge in [-0.15, -0.1) is 0 Å². The van der Waals surface area contributed by atoms with Gasteiger partial charge in [-0.3, -0.25) is 4.79 Å². The predicted molar refractivity (Wildman–Crippen MR) is 121 cm³/mol. The maximum absolute atomic E-state index is 12.4. The van der Waals surface area contributed by atoms with Crippen LogP contribution in [0.3, 0.4) is 0 Å². The van der Waals surface area contributed by atoms with Crippen molar-refractivity contribution in [1.29, 1.82) is 0 Å². The lowest BCUT2D eigenvalue weighted by atomic mass is 10.1. The topological polar surface area (TPSA) is 76.1 Å². The molecule has 6 heteroatoms. The molecular weight excluding hydrogens is 388 g/mol. The van der Waals surface area contributed by atoms with Gasteiger partial charge in [-0.25, -0.2) is 9.97 Å². The van der Waals surface area contributed by atoms with Crippen LogP contribution in [0.15, 0.2) is 91.3 Å². The first-order valence-corrected chi connectivity index (χ1v) is 9.87. The normalized spacial score (nSPS) is 10.4. The van der Waals surface area contributed by atoms with Gasteiger partial charge in [-0.1, -0.05) is 42.5 Å². The number of nitrogens with zero attached hydrogens (tertiary/aromatic N) is 2. The fourth-order valence-electron chi connectivity index (χ4n) is 3.07. The SMILES string of the molecule is COc1ccc(CNC(=O)c2ccc(Nc3cc(-c4ccccc4)ncn3)cc2)cc1. The molecule has 0 atom stereocenters. The lowest BCUT2D eigenvalue weighted by Crippen LogP contribution is -2.22. The van der Waals surface area contributed by atoms with Crippen molar-refractivity contribution in [1.82, 2.24) is 15.3 Å². The highest BCUT2D eigenvalue weighted by molar-refractivity contribution is 5.94. The number of amides is 1. The lowest BCUT2D eigenvalue weighted by molar-refractivity contribution is 0.0951. The second kappa shape index (κ2) is 9.54. The Bertz CT molecular complexity index is 1140. The van der Waals surface area contributed by atoms with Gasteiger partial charge in [-0.05, 0) is 42.0 Å². The fraction of sp³-hybridized carbons (Fsp3) is 0.0800. The average molecular weight is 410 g/mol. The Morgan fingerprint density at radius 3 is 2.35 bits per heavy atom. The molecule has 2 N–H and O–H groups in total. The van der Waals surface area contributed by atoms with Gasteiger partial charge >= 0.3 is 0 Å². The summed E-state index contributed by atoms with van der Waals surface area (Å²) in [4.78, 5) is 21.1. The minimum Gasteiger partial charge on any atom is -0.497 e. The van der Waals surface area contributed by atoms with E-state index >= 15 is 0 Å². The number of methoxy groups -OCH3 is 1. The quantitative estimate of drug-likeness (QED) is 0.457. The average Bonchev–Trinajstić information content (AvgIpc) is 2.84. The van der Waals surface area contributed by atoms with E-state index in [9.17, 15) is 4.79 Å². The molecule has 0 radical (unpaired) electrons. The Kier molecular flexibility index (Phi) is 6.18. The number of nitrogens with one attached hydrogen (secondary N) is 2. The third kappa shape index (κ3) is 5.25. The van der Waals surface area contributed by atoms with Crippen LogP contribution >= 0.6 is 0 Å². The molecule has 0 fully saturated rings. The summed E-state index contributed by atoms with van der Waals surface area (Å²) < 4.78 is 5.15. The number of hydrogen-bond acceptors (Lipinski definition) is 5. The molecule has 1 heterocycles. The van der Waals surface area contributed by atoms with Crippen molar-refractivity contribution >= 4 is 17.4 Å². The van der Waals surface area contributed by atoms with E-state index in [2.05, 4.69) is 20.6 Å². The number of aromatic nitrogens is 2. The minimum absolute atomic E-state index is 0.129. The summed E-state index contributed by atoms with van der Waals surface area (Å²) in [6.45, 7) is 0.450. The molecule has 0 spiro atoms. The maximum Gasteiger partial charge on any atom is 0.251 e. The zero-order valence-corrected chi connectivity index (χ0v) is 17.1. The van der Waals surface area contributed by atoms with E-state index in [0.717, 1.165) is 28.3 Å². The highest BCUT2D eigenvalue weighted by Crippen LogP contribution is 2.21. The van der Waals surface area contributed by atoms with Crippen molar-refractivity contribution in [2.75, 3.05) is 12.4 Å². The molecule has 154 valence electrons. The van der Waals surface area contributed by atoms with E-state index in [4.69, 9.17) is 4.74 Å². The van der Waals surface area contributed by atoms with Gasteiger partial charge in [0.05, 0.1) is 12.8 Å². The van der Waals surface area contributed by atoms with Gasteiger partial charge in [0.2, 0.25) is 0 Å². The predicted octanol–water partition coefficient (Wildman–Crippen LogP) is 4.83.